The molecule has 1 aliphatic rings. The molecule has 1 rings (SSSR count). The molecule has 0 radical (unpaired) electrons. The van der Waals surface area contributed by atoms with Crippen LogP contribution >= 0.6 is 0 Å². The summed E-state index contributed by atoms with van der Waals surface area (Å²) < 4.78 is 5.48. The predicted octanol–water partition coefficient (Wildman–Crippen LogP) is 1.29. The Bertz CT molecular complexity index is 227. The summed E-state index contributed by atoms with van der Waals surface area (Å²) in [4.78, 5) is 11.5. The highest BCUT2D eigenvalue weighted by Crippen LogP contribution is 2.28. The maximum Gasteiger partial charge on any atom is 0.221 e. The van der Waals surface area contributed by atoms with E-state index in [9.17, 15) is 4.79 Å². The van der Waals surface area contributed by atoms with E-state index in [2.05, 4.69) is 5.32 Å². The lowest BCUT2D eigenvalue weighted by atomic mass is 10.0. The van der Waals surface area contributed by atoms with Gasteiger partial charge in [-0.1, -0.05) is 13.8 Å². The molecule has 0 heterocycles. The number of carbonyl (C=O) groups excluding carboxylic acids is 1. The SMILES string of the molecule is CC(C)C(N)CC(=O)NCCCOCC1CC1. The summed E-state index contributed by atoms with van der Waals surface area (Å²) in [7, 11) is 0. The second-order valence-corrected chi connectivity index (χ2v) is 5.33. The molecule has 1 atom stereocenters. The Morgan fingerprint density at radius 2 is 2.18 bits per heavy atom. The summed E-state index contributed by atoms with van der Waals surface area (Å²) in [6.45, 7) is 6.39. The Hall–Kier alpha value is -0.610. The fourth-order valence-electron chi connectivity index (χ4n) is 1.46. The summed E-state index contributed by atoms with van der Waals surface area (Å²) in [5.41, 5.74) is 5.82. The molecule has 1 saturated carbocycles. The van der Waals surface area contributed by atoms with Gasteiger partial charge in [-0.25, -0.2) is 0 Å². The van der Waals surface area contributed by atoms with E-state index in [4.69, 9.17) is 10.5 Å². The van der Waals surface area contributed by atoms with Crippen molar-refractivity contribution in [2.24, 2.45) is 17.6 Å². The molecule has 0 aliphatic heterocycles. The van der Waals surface area contributed by atoms with E-state index in [1.54, 1.807) is 0 Å². The molecule has 0 bridgehead atoms. The van der Waals surface area contributed by atoms with Gasteiger partial charge in [-0.2, -0.15) is 0 Å². The van der Waals surface area contributed by atoms with Gasteiger partial charge < -0.3 is 15.8 Å². The van der Waals surface area contributed by atoms with Crippen LogP contribution in [0.4, 0.5) is 0 Å². The summed E-state index contributed by atoms with van der Waals surface area (Å²) in [6.07, 6.45) is 3.95. The largest absolute Gasteiger partial charge is 0.381 e. The predicted molar refractivity (Wildman–Crippen MR) is 68.6 cm³/mol. The highest BCUT2D eigenvalue weighted by Gasteiger charge is 2.20. The number of amides is 1. The molecule has 1 amide bonds. The minimum atomic E-state index is -0.0406. The average Bonchev–Trinajstić information content (AvgIpc) is 3.06. The molecular weight excluding hydrogens is 216 g/mol. The summed E-state index contributed by atoms with van der Waals surface area (Å²) >= 11 is 0. The van der Waals surface area contributed by atoms with Gasteiger partial charge in [0.2, 0.25) is 5.91 Å². The van der Waals surface area contributed by atoms with Gasteiger partial charge in [0.25, 0.3) is 0 Å². The first-order valence-electron chi connectivity index (χ1n) is 6.69. The lowest BCUT2D eigenvalue weighted by Gasteiger charge is -2.14. The zero-order valence-corrected chi connectivity index (χ0v) is 11.1. The van der Waals surface area contributed by atoms with Crippen molar-refractivity contribution < 1.29 is 9.53 Å². The standard InChI is InChI=1S/C13H26N2O2/c1-10(2)12(14)8-13(16)15-6-3-7-17-9-11-4-5-11/h10-12H,3-9,14H2,1-2H3,(H,15,16). The highest BCUT2D eigenvalue weighted by molar-refractivity contribution is 5.76. The molecule has 1 fully saturated rings. The number of nitrogens with two attached hydrogens (primary N) is 1. The second kappa shape index (κ2) is 7.67. The van der Waals surface area contributed by atoms with Gasteiger partial charge in [0, 0.05) is 32.2 Å². The topological polar surface area (TPSA) is 64.4 Å². The van der Waals surface area contributed by atoms with Crippen molar-refractivity contribution in [2.75, 3.05) is 19.8 Å². The van der Waals surface area contributed by atoms with Crippen LogP contribution < -0.4 is 11.1 Å². The van der Waals surface area contributed by atoms with Crippen molar-refractivity contribution in [1.29, 1.82) is 0 Å². The van der Waals surface area contributed by atoms with E-state index in [1.807, 2.05) is 13.8 Å². The van der Waals surface area contributed by atoms with Crippen LogP contribution in [0.5, 0.6) is 0 Å². The number of hydrogen-bond donors (Lipinski definition) is 2. The van der Waals surface area contributed by atoms with Gasteiger partial charge in [0.15, 0.2) is 0 Å². The van der Waals surface area contributed by atoms with E-state index >= 15 is 0 Å². The van der Waals surface area contributed by atoms with Crippen molar-refractivity contribution in [3.63, 3.8) is 0 Å². The second-order valence-electron chi connectivity index (χ2n) is 5.33. The number of nitrogens with one attached hydrogen (secondary N) is 1. The smallest absolute Gasteiger partial charge is 0.221 e. The Labute approximate surface area is 104 Å². The van der Waals surface area contributed by atoms with Crippen molar-refractivity contribution in [1.82, 2.24) is 5.32 Å². The average molecular weight is 242 g/mol. The monoisotopic (exact) mass is 242 g/mol. The molecule has 0 aromatic carbocycles. The fourth-order valence-corrected chi connectivity index (χ4v) is 1.46. The first-order chi connectivity index (χ1) is 8.09. The maximum absolute atomic E-state index is 11.5. The third-order valence-corrected chi connectivity index (χ3v) is 3.12. The van der Waals surface area contributed by atoms with E-state index in [0.29, 0.717) is 18.9 Å². The summed E-state index contributed by atoms with van der Waals surface area (Å²) in [6, 6.07) is -0.0406. The normalized spacial score (nSPS) is 17.2. The van der Waals surface area contributed by atoms with Crippen LogP contribution in [0.1, 0.15) is 39.5 Å². The third kappa shape index (κ3) is 7.34. The van der Waals surface area contributed by atoms with Crippen LogP contribution in [0.3, 0.4) is 0 Å². The first-order valence-corrected chi connectivity index (χ1v) is 6.69. The third-order valence-electron chi connectivity index (χ3n) is 3.12. The minimum Gasteiger partial charge on any atom is -0.381 e. The quantitative estimate of drug-likeness (QED) is 0.599. The molecular formula is C13H26N2O2. The zero-order valence-electron chi connectivity index (χ0n) is 11.1. The lowest BCUT2D eigenvalue weighted by molar-refractivity contribution is -0.121. The molecule has 4 heteroatoms. The van der Waals surface area contributed by atoms with Crippen molar-refractivity contribution in [3.8, 4) is 0 Å². The van der Waals surface area contributed by atoms with Gasteiger partial charge in [0.1, 0.15) is 0 Å². The summed E-state index contributed by atoms with van der Waals surface area (Å²) in [5, 5.41) is 2.87. The van der Waals surface area contributed by atoms with Gasteiger partial charge in [-0.05, 0) is 31.1 Å². The molecule has 17 heavy (non-hydrogen) atoms. The Kier molecular flexibility index (Phi) is 6.52. The first kappa shape index (κ1) is 14.5. The Balaban J connectivity index is 1.88. The van der Waals surface area contributed by atoms with Gasteiger partial charge in [0.05, 0.1) is 0 Å². The van der Waals surface area contributed by atoms with Crippen LogP contribution in [0.2, 0.25) is 0 Å². The van der Waals surface area contributed by atoms with E-state index in [1.165, 1.54) is 12.8 Å². The van der Waals surface area contributed by atoms with Crippen molar-refractivity contribution in [3.05, 3.63) is 0 Å². The van der Waals surface area contributed by atoms with Gasteiger partial charge in [-0.15, -0.1) is 0 Å². The van der Waals surface area contributed by atoms with Crippen molar-refractivity contribution in [2.45, 2.75) is 45.6 Å². The molecule has 4 nitrogen and oxygen atoms in total. The van der Waals surface area contributed by atoms with E-state index < -0.39 is 0 Å². The molecule has 0 saturated heterocycles. The Morgan fingerprint density at radius 3 is 2.76 bits per heavy atom. The molecule has 0 aromatic heterocycles. The van der Waals surface area contributed by atoms with Crippen LogP contribution in [0.25, 0.3) is 0 Å². The van der Waals surface area contributed by atoms with E-state index in [-0.39, 0.29) is 11.9 Å². The molecule has 1 unspecified atom stereocenters. The minimum absolute atomic E-state index is 0.0406. The number of hydrogen-bond acceptors (Lipinski definition) is 3. The van der Waals surface area contributed by atoms with Gasteiger partial charge >= 0.3 is 0 Å². The fraction of sp³-hybridized carbons (Fsp3) is 0.923. The van der Waals surface area contributed by atoms with Gasteiger partial charge in [-0.3, -0.25) is 4.79 Å². The maximum atomic E-state index is 11.5. The Morgan fingerprint density at radius 1 is 1.47 bits per heavy atom. The number of rotatable bonds is 9. The van der Waals surface area contributed by atoms with Crippen LogP contribution in [0.15, 0.2) is 0 Å². The van der Waals surface area contributed by atoms with Crippen LogP contribution in [0, 0.1) is 11.8 Å². The summed E-state index contributed by atoms with van der Waals surface area (Å²) in [5.74, 6) is 1.21. The highest BCUT2D eigenvalue weighted by atomic mass is 16.5. The number of ether oxygens (including phenoxy) is 1. The van der Waals surface area contributed by atoms with Crippen molar-refractivity contribution >= 4 is 5.91 Å². The van der Waals surface area contributed by atoms with E-state index in [0.717, 1.165) is 25.6 Å². The zero-order chi connectivity index (χ0) is 12.7. The molecule has 0 spiro atoms. The number of carbonyl (C=O) groups is 1. The molecule has 100 valence electrons. The lowest BCUT2D eigenvalue weighted by Crippen LogP contribution is -2.35. The van der Waals surface area contributed by atoms with Crippen LogP contribution in [-0.4, -0.2) is 31.7 Å². The van der Waals surface area contributed by atoms with Crippen LogP contribution in [-0.2, 0) is 9.53 Å². The molecule has 0 aromatic rings. The molecule has 3 N–H and O–H groups in total. The molecule has 1 aliphatic carbocycles.